The molecule has 0 bridgehead atoms. The van der Waals surface area contributed by atoms with Crippen molar-refractivity contribution >= 4 is 11.6 Å². The van der Waals surface area contributed by atoms with Crippen molar-refractivity contribution in [2.24, 2.45) is 0 Å². The number of rotatable bonds is 8. The summed E-state index contributed by atoms with van der Waals surface area (Å²) in [5.74, 6) is 0.865. The molecule has 29 heavy (non-hydrogen) atoms. The molecule has 0 unspecified atom stereocenters. The van der Waals surface area contributed by atoms with Gasteiger partial charge in [0.1, 0.15) is 18.0 Å². The van der Waals surface area contributed by atoms with E-state index in [-0.39, 0.29) is 5.91 Å². The summed E-state index contributed by atoms with van der Waals surface area (Å²) >= 11 is 0. The molecule has 156 valence electrons. The number of nitrogens with one attached hydrogen (secondary N) is 1. The summed E-state index contributed by atoms with van der Waals surface area (Å²) in [5.41, 5.74) is 3.29. The fourth-order valence-corrected chi connectivity index (χ4v) is 4.08. The van der Waals surface area contributed by atoms with Gasteiger partial charge in [0.2, 0.25) is 0 Å². The highest BCUT2D eigenvalue weighted by Gasteiger charge is 2.40. The number of carbonyl (C=O) groups is 1. The van der Waals surface area contributed by atoms with E-state index in [2.05, 4.69) is 24.4 Å². The second-order valence-corrected chi connectivity index (χ2v) is 8.07. The predicted octanol–water partition coefficient (Wildman–Crippen LogP) is 5.95. The molecule has 0 heterocycles. The second-order valence-electron chi connectivity index (χ2n) is 8.07. The monoisotopic (exact) mass is 395 g/mol. The molecule has 2 aromatic carbocycles. The van der Waals surface area contributed by atoms with Gasteiger partial charge in [-0.05, 0) is 61.9 Å². The zero-order valence-corrected chi connectivity index (χ0v) is 17.9. The van der Waals surface area contributed by atoms with Crippen LogP contribution in [0.1, 0.15) is 62.1 Å². The highest BCUT2D eigenvalue weighted by Crippen LogP contribution is 2.34. The van der Waals surface area contributed by atoms with Gasteiger partial charge < -0.3 is 14.8 Å². The highest BCUT2D eigenvalue weighted by atomic mass is 16.5. The number of hydrogen-bond acceptors (Lipinski definition) is 3. The van der Waals surface area contributed by atoms with Crippen molar-refractivity contribution < 1.29 is 14.3 Å². The van der Waals surface area contributed by atoms with E-state index in [0.717, 1.165) is 60.2 Å². The molecule has 1 amide bonds. The van der Waals surface area contributed by atoms with E-state index in [1.807, 2.05) is 44.2 Å². The van der Waals surface area contributed by atoms with Crippen molar-refractivity contribution in [3.63, 3.8) is 0 Å². The smallest absolute Gasteiger partial charge is 0.256 e. The van der Waals surface area contributed by atoms with Gasteiger partial charge in [0.05, 0.1) is 0 Å². The molecule has 0 spiro atoms. The third kappa shape index (κ3) is 5.39. The summed E-state index contributed by atoms with van der Waals surface area (Å²) in [7, 11) is 0. The lowest BCUT2D eigenvalue weighted by molar-refractivity contribution is -0.146. The number of benzene rings is 2. The Labute approximate surface area is 174 Å². The van der Waals surface area contributed by atoms with Crippen LogP contribution in [0.5, 0.6) is 5.75 Å². The van der Waals surface area contributed by atoms with E-state index < -0.39 is 5.60 Å². The fourth-order valence-electron chi connectivity index (χ4n) is 4.08. The van der Waals surface area contributed by atoms with E-state index in [9.17, 15) is 4.79 Å². The lowest BCUT2D eigenvalue weighted by Crippen LogP contribution is -2.47. The Kier molecular flexibility index (Phi) is 7.32. The minimum atomic E-state index is -0.682. The Balaban J connectivity index is 1.71. The standard InChI is InChI=1S/C25H33NO3/c1-4-15-29-25(13-9-6-10-14-25)24(27)26-22-16-19(2)23(20(3)17-22)28-18-21-11-7-5-8-12-21/h5,7-8,11-12,16-17H,4,6,9-10,13-15,18H2,1-3H3,(H,26,27). The van der Waals surface area contributed by atoms with Crippen LogP contribution in [0.2, 0.25) is 0 Å². The Bertz CT molecular complexity index is 787. The van der Waals surface area contributed by atoms with Gasteiger partial charge in [0.25, 0.3) is 5.91 Å². The van der Waals surface area contributed by atoms with Crippen LogP contribution in [-0.2, 0) is 16.1 Å². The third-order valence-corrected chi connectivity index (χ3v) is 5.60. The molecule has 4 heteroatoms. The van der Waals surface area contributed by atoms with Gasteiger partial charge in [0.15, 0.2) is 0 Å². The van der Waals surface area contributed by atoms with Crippen LogP contribution in [-0.4, -0.2) is 18.1 Å². The fraction of sp³-hybridized carbons (Fsp3) is 0.480. The van der Waals surface area contributed by atoms with E-state index in [4.69, 9.17) is 9.47 Å². The predicted molar refractivity (Wildman–Crippen MR) is 117 cm³/mol. The molecule has 2 aromatic rings. The number of carbonyl (C=O) groups excluding carboxylic acids is 1. The van der Waals surface area contributed by atoms with Crippen LogP contribution >= 0.6 is 0 Å². The maximum Gasteiger partial charge on any atom is 0.256 e. The van der Waals surface area contributed by atoms with Crippen molar-refractivity contribution in [3.8, 4) is 5.75 Å². The number of ether oxygens (including phenoxy) is 2. The van der Waals surface area contributed by atoms with Gasteiger partial charge in [-0.1, -0.05) is 56.5 Å². The SMILES string of the molecule is CCCOC1(C(=O)Nc2cc(C)c(OCc3ccccc3)c(C)c2)CCCCC1. The van der Waals surface area contributed by atoms with Crippen LogP contribution in [0.3, 0.4) is 0 Å². The molecule has 0 aromatic heterocycles. The van der Waals surface area contributed by atoms with E-state index in [0.29, 0.717) is 13.2 Å². The summed E-state index contributed by atoms with van der Waals surface area (Å²) in [6, 6.07) is 14.1. The average Bonchev–Trinajstić information content (AvgIpc) is 2.73. The molecule has 1 saturated carbocycles. The Morgan fingerprint density at radius 2 is 1.69 bits per heavy atom. The molecule has 0 aliphatic heterocycles. The first-order valence-electron chi connectivity index (χ1n) is 10.8. The van der Waals surface area contributed by atoms with Gasteiger partial charge in [-0.25, -0.2) is 0 Å². The zero-order chi connectivity index (χ0) is 20.7. The van der Waals surface area contributed by atoms with Crippen LogP contribution in [0.15, 0.2) is 42.5 Å². The molecule has 0 atom stereocenters. The quantitative estimate of drug-likeness (QED) is 0.601. The van der Waals surface area contributed by atoms with Crippen LogP contribution < -0.4 is 10.1 Å². The molecule has 1 N–H and O–H groups in total. The van der Waals surface area contributed by atoms with Gasteiger partial charge in [0, 0.05) is 12.3 Å². The Morgan fingerprint density at radius 1 is 1.03 bits per heavy atom. The minimum Gasteiger partial charge on any atom is -0.488 e. The van der Waals surface area contributed by atoms with Crippen molar-refractivity contribution in [3.05, 3.63) is 59.2 Å². The van der Waals surface area contributed by atoms with Crippen molar-refractivity contribution in [2.45, 2.75) is 71.5 Å². The highest BCUT2D eigenvalue weighted by molar-refractivity contribution is 5.97. The van der Waals surface area contributed by atoms with Crippen LogP contribution in [0.25, 0.3) is 0 Å². The number of aryl methyl sites for hydroxylation is 2. The number of anilines is 1. The summed E-state index contributed by atoms with van der Waals surface area (Å²) in [4.78, 5) is 13.1. The van der Waals surface area contributed by atoms with Crippen LogP contribution in [0.4, 0.5) is 5.69 Å². The summed E-state index contributed by atoms with van der Waals surface area (Å²) < 4.78 is 12.2. The van der Waals surface area contributed by atoms with E-state index in [1.165, 1.54) is 6.42 Å². The average molecular weight is 396 g/mol. The van der Waals surface area contributed by atoms with Crippen molar-refractivity contribution in [1.82, 2.24) is 0 Å². The number of amides is 1. The van der Waals surface area contributed by atoms with E-state index >= 15 is 0 Å². The largest absolute Gasteiger partial charge is 0.488 e. The Hall–Kier alpha value is -2.33. The Morgan fingerprint density at radius 3 is 2.31 bits per heavy atom. The zero-order valence-electron chi connectivity index (χ0n) is 17.9. The lowest BCUT2D eigenvalue weighted by Gasteiger charge is -2.35. The topological polar surface area (TPSA) is 47.6 Å². The van der Waals surface area contributed by atoms with Crippen molar-refractivity contribution in [1.29, 1.82) is 0 Å². The van der Waals surface area contributed by atoms with E-state index in [1.54, 1.807) is 0 Å². The molecular formula is C25H33NO3. The maximum absolute atomic E-state index is 13.1. The molecule has 4 nitrogen and oxygen atoms in total. The van der Waals surface area contributed by atoms with Crippen LogP contribution in [0, 0.1) is 13.8 Å². The summed E-state index contributed by atoms with van der Waals surface area (Å²) in [6.45, 7) is 7.27. The summed E-state index contributed by atoms with van der Waals surface area (Å²) in [6.07, 6.45) is 5.78. The lowest BCUT2D eigenvalue weighted by atomic mass is 9.83. The molecular weight excluding hydrogens is 362 g/mol. The van der Waals surface area contributed by atoms with Gasteiger partial charge in [-0.2, -0.15) is 0 Å². The third-order valence-electron chi connectivity index (χ3n) is 5.60. The minimum absolute atomic E-state index is 0.0117. The first-order chi connectivity index (χ1) is 14.0. The van der Waals surface area contributed by atoms with Gasteiger partial charge in [-0.3, -0.25) is 4.79 Å². The van der Waals surface area contributed by atoms with Gasteiger partial charge in [-0.15, -0.1) is 0 Å². The van der Waals surface area contributed by atoms with Crippen molar-refractivity contribution in [2.75, 3.05) is 11.9 Å². The summed E-state index contributed by atoms with van der Waals surface area (Å²) in [5, 5.41) is 3.12. The first-order valence-corrected chi connectivity index (χ1v) is 10.8. The molecule has 1 aliphatic rings. The maximum atomic E-state index is 13.1. The molecule has 1 aliphatic carbocycles. The molecule has 3 rings (SSSR count). The normalized spacial score (nSPS) is 15.7. The molecule has 0 radical (unpaired) electrons. The first kappa shape index (κ1) is 21.4. The van der Waals surface area contributed by atoms with Gasteiger partial charge >= 0.3 is 0 Å². The number of hydrogen-bond donors (Lipinski definition) is 1. The molecule has 0 saturated heterocycles. The second kappa shape index (κ2) is 9.93. The molecule has 1 fully saturated rings.